The van der Waals surface area contributed by atoms with Crippen molar-refractivity contribution in [2.24, 2.45) is 5.73 Å². The molecule has 12 nitrogen and oxygen atoms in total. The molecule has 0 aliphatic rings. The van der Waals surface area contributed by atoms with Gasteiger partial charge in [-0.1, -0.05) is 0 Å². The van der Waals surface area contributed by atoms with Gasteiger partial charge in [-0.2, -0.15) is 0 Å². The van der Waals surface area contributed by atoms with Crippen molar-refractivity contribution in [1.29, 1.82) is 0 Å². The minimum atomic E-state index is -5.41. The summed E-state index contributed by atoms with van der Waals surface area (Å²) in [6, 6.07) is 0. The van der Waals surface area contributed by atoms with Crippen LogP contribution in [0.4, 0.5) is 0 Å². The first-order valence-electron chi connectivity index (χ1n) is 5.06. The van der Waals surface area contributed by atoms with Crippen molar-refractivity contribution in [3.8, 4) is 0 Å². The van der Waals surface area contributed by atoms with Crippen LogP contribution in [0, 0.1) is 0 Å². The van der Waals surface area contributed by atoms with Crippen molar-refractivity contribution >= 4 is 50.7 Å². The van der Waals surface area contributed by atoms with E-state index in [0.717, 1.165) is 10.9 Å². The molecule has 22 heavy (non-hydrogen) atoms. The van der Waals surface area contributed by atoms with E-state index in [0.29, 0.717) is 0 Å². The predicted molar refractivity (Wildman–Crippen MR) is 75.1 cm³/mol. The number of hydrogen-bond donors (Lipinski definition) is 7. The van der Waals surface area contributed by atoms with E-state index in [2.05, 4.69) is 10.7 Å². The molecule has 0 saturated heterocycles. The molecule has 0 spiro atoms. The Labute approximate surface area is 146 Å². The Bertz CT molecular complexity index is 532. The molecule has 0 aliphatic carbocycles. The Morgan fingerprint density at radius 1 is 1.23 bits per heavy atom. The van der Waals surface area contributed by atoms with Crippen molar-refractivity contribution in [3.63, 3.8) is 0 Å². The first-order valence-corrected chi connectivity index (χ1v) is 8.29. The number of aromatic nitrogens is 2. The zero-order valence-corrected chi connectivity index (χ0v) is 12.2. The van der Waals surface area contributed by atoms with Gasteiger partial charge in [0.15, 0.2) is 0 Å². The van der Waals surface area contributed by atoms with Gasteiger partial charge in [0.05, 0.1) is 19.4 Å². The molecule has 1 rings (SSSR count). The third-order valence-corrected chi connectivity index (χ3v) is 5.77. The summed E-state index contributed by atoms with van der Waals surface area (Å²) in [7, 11) is -10.8. The number of aliphatic carboxylic acids is 1. The zero-order valence-electron chi connectivity index (χ0n) is 10.4. The first-order chi connectivity index (χ1) is 9.35. The van der Waals surface area contributed by atoms with E-state index in [4.69, 9.17) is 24.7 Å². The van der Waals surface area contributed by atoms with E-state index >= 15 is 0 Å². The molecule has 0 atom stereocenters. The fraction of sp³-hybridized carbons (Fsp3) is 0.429. The third kappa shape index (κ3) is 6.99. The van der Waals surface area contributed by atoms with Crippen LogP contribution in [0.5, 0.6) is 0 Å². The van der Waals surface area contributed by atoms with Crippen LogP contribution in [0.3, 0.4) is 0 Å². The fourth-order valence-corrected chi connectivity index (χ4v) is 3.03. The summed E-state index contributed by atoms with van der Waals surface area (Å²) in [5.74, 6) is -0.968. The van der Waals surface area contributed by atoms with Crippen LogP contribution in [-0.4, -0.2) is 86.5 Å². The number of carboxylic acid groups (broad SMARTS) is 1. The zero-order chi connectivity index (χ0) is 16.9. The monoisotopic (exact) mass is 371 g/mol. The summed E-state index contributed by atoms with van der Waals surface area (Å²) in [4.78, 5) is 48.0. The van der Waals surface area contributed by atoms with E-state index in [1.54, 1.807) is 0 Å². The molecule has 0 saturated carbocycles. The predicted octanol–water partition coefficient (Wildman–Crippen LogP) is -2.73. The van der Waals surface area contributed by atoms with Crippen molar-refractivity contribution in [1.82, 2.24) is 9.55 Å². The van der Waals surface area contributed by atoms with Gasteiger partial charge >= 0.3 is 50.7 Å². The molecule has 1 aromatic rings. The molecule has 124 valence electrons. The van der Waals surface area contributed by atoms with Gasteiger partial charge in [-0.05, 0) is 0 Å². The molecule has 0 bridgehead atoms. The number of aliphatic hydroxyl groups is 1. The van der Waals surface area contributed by atoms with Crippen molar-refractivity contribution in [2.45, 2.75) is 11.6 Å². The van der Waals surface area contributed by atoms with Crippen LogP contribution in [0.1, 0.15) is 0 Å². The molecule has 0 fully saturated rings. The van der Waals surface area contributed by atoms with Crippen LogP contribution in [0.2, 0.25) is 0 Å². The van der Waals surface area contributed by atoms with E-state index in [-0.39, 0.29) is 36.1 Å². The second-order valence-electron chi connectivity index (χ2n) is 3.70. The quantitative estimate of drug-likeness (QED) is 0.208. The Morgan fingerprint density at radius 2 is 1.64 bits per heavy atom. The number of imidazole rings is 1. The van der Waals surface area contributed by atoms with Gasteiger partial charge in [0.25, 0.3) is 5.08 Å². The molecule has 15 heteroatoms. The van der Waals surface area contributed by atoms with Crippen LogP contribution >= 0.6 is 15.2 Å². The molecule has 0 aromatic carbocycles. The summed E-state index contributed by atoms with van der Waals surface area (Å²) >= 11 is 0. The topological polar surface area (TPSA) is 216 Å². The third-order valence-electron chi connectivity index (χ3n) is 2.06. The van der Waals surface area contributed by atoms with Crippen LogP contribution < -0.4 is 5.73 Å². The Hall–Kier alpha value is -0.100. The number of rotatable bonds is 5. The van der Waals surface area contributed by atoms with E-state index < -0.39 is 32.8 Å². The Kier molecular flexibility index (Phi) is 10.2. The summed E-state index contributed by atoms with van der Waals surface area (Å²) in [5, 5.41) is 13.6. The summed E-state index contributed by atoms with van der Waals surface area (Å²) in [5.41, 5.74) is 4.57. The van der Waals surface area contributed by atoms with Gasteiger partial charge in [-0.25, -0.2) is 4.98 Å². The minimum absolute atomic E-state index is 0. The second-order valence-corrected chi connectivity index (χ2v) is 7.70. The molecule has 0 radical (unpaired) electrons. The van der Waals surface area contributed by atoms with Gasteiger partial charge in [0.2, 0.25) is 0 Å². The average molecular weight is 371 g/mol. The van der Waals surface area contributed by atoms with Crippen LogP contribution in [0.25, 0.3) is 0 Å². The molecule has 0 aliphatic heterocycles. The van der Waals surface area contributed by atoms with Crippen LogP contribution in [0.15, 0.2) is 18.7 Å². The van der Waals surface area contributed by atoms with Crippen molar-refractivity contribution in [3.05, 3.63) is 18.7 Å². The van der Waals surface area contributed by atoms with Crippen molar-refractivity contribution < 1.29 is 43.7 Å². The molecular formula is C7H16N3NaO9P2. The maximum absolute atomic E-state index is 10.9. The summed E-state index contributed by atoms with van der Waals surface area (Å²) in [6.45, 7) is -1.23. The van der Waals surface area contributed by atoms with E-state index in [1.165, 1.54) is 12.4 Å². The van der Waals surface area contributed by atoms with Gasteiger partial charge in [-0.15, -0.1) is 0 Å². The Morgan fingerprint density at radius 3 is 1.86 bits per heavy atom. The van der Waals surface area contributed by atoms with E-state index in [9.17, 15) is 19.0 Å². The molecule has 1 heterocycles. The number of hydrogen-bond acceptors (Lipinski definition) is 6. The Balaban J connectivity index is 0. The molecule has 1 aromatic heterocycles. The number of carboxylic acids is 1. The van der Waals surface area contributed by atoms with Gasteiger partial charge < -0.3 is 40.1 Å². The van der Waals surface area contributed by atoms with Crippen molar-refractivity contribution in [2.75, 3.05) is 6.54 Å². The van der Waals surface area contributed by atoms with Gasteiger partial charge in [0, 0.05) is 12.4 Å². The number of carbonyl (C=O) groups is 1. The number of nitrogens with zero attached hydrogens (tertiary/aromatic N) is 2. The number of nitrogens with two attached hydrogens (primary N) is 1. The maximum atomic E-state index is 10.9. The molecule has 8 N–H and O–H groups in total. The standard InChI is InChI=1S/C5H10N2O7P2.C2H5NO2.Na.H/c8-5(15(9,10)11,16(12,13)14)3-7-2-1-6-4-7;3-1-2(4)5;;/h1-2,4,8H,3H2,(H2,9,10,11)(H2,12,13,14);1,3H2,(H,4,5);;. The van der Waals surface area contributed by atoms with E-state index in [1.807, 2.05) is 0 Å². The SMILES string of the molecule is NCC(=O)O.O=P(O)(O)C(O)(Cn1ccnc1)P(=O)(O)O.[NaH]. The summed E-state index contributed by atoms with van der Waals surface area (Å²) < 4.78 is 22.8. The molecule has 0 amide bonds. The normalized spacial score (nSPS) is 11.9. The molecule has 0 unspecified atom stereocenters. The fourth-order valence-electron chi connectivity index (χ4n) is 0.979. The van der Waals surface area contributed by atoms with Gasteiger partial charge in [-0.3, -0.25) is 13.9 Å². The average Bonchev–Trinajstić information content (AvgIpc) is 2.79. The second kappa shape index (κ2) is 9.26. The summed E-state index contributed by atoms with van der Waals surface area (Å²) in [6.07, 6.45) is 3.51. The molecular weight excluding hydrogens is 355 g/mol. The van der Waals surface area contributed by atoms with Crippen LogP contribution in [-0.2, 0) is 20.5 Å². The first kappa shape index (κ1) is 24.2. The van der Waals surface area contributed by atoms with Gasteiger partial charge in [0.1, 0.15) is 0 Å².